The Morgan fingerprint density at radius 2 is 1.97 bits per heavy atom. The SMILES string of the molecule is CCOC(=O)c1c(NC(=O)CSc2nnc(COc3ccc(Cl)cc3C)n2CC)sc(C)c1C. The van der Waals surface area contributed by atoms with Crippen LogP contribution < -0.4 is 10.1 Å². The first-order valence-corrected chi connectivity index (χ1v) is 12.9. The number of anilines is 1. The van der Waals surface area contributed by atoms with Crippen LogP contribution in [-0.4, -0.2) is 39.0 Å². The molecule has 0 atom stereocenters. The minimum absolute atomic E-state index is 0.119. The second kappa shape index (κ2) is 11.7. The third kappa shape index (κ3) is 6.11. The first-order valence-electron chi connectivity index (χ1n) is 10.8. The Bertz CT molecular complexity index is 1190. The highest BCUT2D eigenvalue weighted by Crippen LogP contribution is 2.33. The zero-order valence-electron chi connectivity index (χ0n) is 19.7. The zero-order valence-corrected chi connectivity index (χ0v) is 22.1. The Labute approximate surface area is 212 Å². The third-order valence-corrected chi connectivity index (χ3v) is 7.38. The lowest BCUT2D eigenvalue weighted by Gasteiger charge is -2.11. The number of halogens is 1. The number of carbonyl (C=O) groups is 2. The van der Waals surface area contributed by atoms with E-state index in [0.717, 1.165) is 21.8 Å². The number of carbonyl (C=O) groups excluding carboxylic acids is 2. The van der Waals surface area contributed by atoms with E-state index in [0.29, 0.717) is 33.1 Å². The average Bonchev–Trinajstić information content (AvgIpc) is 3.31. The molecular formula is C23H27ClN4O4S2. The topological polar surface area (TPSA) is 95.3 Å². The summed E-state index contributed by atoms with van der Waals surface area (Å²) in [5, 5.41) is 13.1. The lowest BCUT2D eigenvalue weighted by Crippen LogP contribution is -2.17. The summed E-state index contributed by atoms with van der Waals surface area (Å²) in [5.41, 5.74) is 2.16. The molecule has 0 saturated carbocycles. The van der Waals surface area contributed by atoms with Gasteiger partial charge in [-0.05, 0) is 63.9 Å². The third-order valence-electron chi connectivity index (χ3n) is 5.05. The molecule has 1 N–H and O–H groups in total. The van der Waals surface area contributed by atoms with Gasteiger partial charge in [0.25, 0.3) is 0 Å². The predicted molar refractivity (Wildman–Crippen MR) is 135 cm³/mol. The van der Waals surface area contributed by atoms with E-state index in [2.05, 4.69) is 15.5 Å². The van der Waals surface area contributed by atoms with Crippen LogP contribution in [0.25, 0.3) is 0 Å². The molecule has 2 heterocycles. The van der Waals surface area contributed by atoms with E-state index in [4.69, 9.17) is 21.1 Å². The van der Waals surface area contributed by atoms with Crippen molar-refractivity contribution in [2.45, 2.75) is 52.9 Å². The van der Waals surface area contributed by atoms with Crippen LogP contribution in [0, 0.1) is 20.8 Å². The molecule has 3 rings (SSSR count). The maximum Gasteiger partial charge on any atom is 0.341 e. The fourth-order valence-corrected chi connectivity index (χ4v) is 5.34. The number of hydrogen-bond acceptors (Lipinski definition) is 8. The maximum absolute atomic E-state index is 12.7. The smallest absolute Gasteiger partial charge is 0.341 e. The second-order valence-electron chi connectivity index (χ2n) is 7.39. The summed E-state index contributed by atoms with van der Waals surface area (Å²) in [6.45, 7) is 10.6. The average molecular weight is 523 g/mol. The molecule has 0 fully saturated rings. The van der Waals surface area contributed by atoms with Crippen molar-refractivity contribution in [2.24, 2.45) is 0 Å². The summed E-state index contributed by atoms with van der Waals surface area (Å²) in [5.74, 6) is 0.833. The summed E-state index contributed by atoms with van der Waals surface area (Å²) >= 11 is 8.64. The Balaban J connectivity index is 1.64. The molecule has 0 aliphatic carbocycles. The van der Waals surface area contributed by atoms with Crippen molar-refractivity contribution in [1.82, 2.24) is 14.8 Å². The number of hydrogen-bond donors (Lipinski definition) is 1. The number of amides is 1. The first kappa shape index (κ1) is 26.1. The Kier molecular flexibility index (Phi) is 8.98. The molecule has 182 valence electrons. The van der Waals surface area contributed by atoms with E-state index in [1.54, 1.807) is 13.0 Å². The molecule has 1 aromatic carbocycles. The normalized spacial score (nSPS) is 10.9. The summed E-state index contributed by atoms with van der Waals surface area (Å²) < 4.78 is 12.9. The van der Waals surface area contributed by atoms with Crippen LogP contribution in [0.4, 0.5) is 5.00 Å². The van der Waals surface area contributed by atoms with Gasteiger partial charge in [-0.1, -0.05) is 23.4 Å². The largest absolute Gasteiger partial charge is 0.485 e. The summed E-state index contributed by atoms with van der Waals surface area (Å²) in [7, 11) is 0. The molecule has 0 spiro atoms. The van der Waals surface area contributed by atoms with Gasteiger partial charge in [0.05, 0.1) is 17.9 Å². The maximum atomic E-state index is 12.7. The standard InChI is InChI=1S/C23H27ClN4O4S2/c1-6-28-18(11-32-17-9-8-16(24)10-13(17)3)26-27-23(28)33-12-19(29)25-21-20(22(30)31-7-2)14(4)15(5)34-21/h8-10H,6-7,11-12H2,1-5H3,(H,25,29). The van der Waals surface area contributed by atoms with Crippen LogP contribution in [-0.2, 0) is 22.7 Å². The number of esters is 1. The highest BCUT2D eigenvalue weighted by molar-refractivity contribution is 7.99. The minimum Gasteiger partial charge on any atom is -0.485 e. The van der Waals surface area contributed by atoms with Gasteiger partial charge in [-0.25, -0.2) is 4.79 Å². The molecule has 0 unspecified atom stereocenters. The lowest BCUT2D eigenvalue weighted by atomic mass is 10.1. The molecule has 34 heavy (non-hydrogen) atoms. The molecule has 11 heteroatoms. The van der Waals surface area contributed by atoms with Crippen LogP contribution in [0.3, 0.4) is 0 Å². The fourth-order valence-electron chi connectivity index (χ4n) is 3.22. The van der Waals surface area contributed by atoms with Gasteiger partial charge in [-0.2, -0.15) is 0 Å². The fraction of sp³-hybridized carbons (Fsp3) is 0.391. The monoisotopic (exact) mass is 522 g/mol. The summed E-state index contributed by atoms with van der Waals surface area (Å²) in [6.07, 6.45) is 0. The van der Waals surface area contributed by atoms with Crippen LogP contribution in [0.2, 0.25) is 5.02 Å². The molecule has 0 radical (unpaired) electrons. The number of rotatable bonds is 10. The van der Waals surface area contributed by atoms with Crippen molar-refractivity contribution in [3.8, 4) is 5.75 Å². The van der Waals surface area contributed by atoms with Crippen molar-refractivity contribution < 1.29 is 19.1 Å². The number of ether oxygens (including phenoxy) is 2. The molecule has 0 bridgehead atoms. The Morgan fingerprint density at radius 1 is 1.21 bits per heavy atom. The molecule has 0 aliphatic rings. The van der Waals surface area contributed by atoms with Gasteiger partial charge in [0.1, 0.15) is 17.4 Å². The van der Waals surface area contributed by atoms with Gasteiger partial charge >= 0.3 is 5.97 Å². The van der Waals surface area contributed by atoms with Gasteiger partial charge < -0.3 is 19.4 Å². The molecule has 0 aliphatic heterocycles. The number of thiophene rings is 1. The van der Waals surface area contributed by atoms with Crippen molar-refractivity contribution in [1.29, 1.82) is 0 Å². The van der Waals surface area contributed by atoms with Crippen LogP contribution in [0.5, 0.6) is 5.75 Å². The number of aryl methyl sites for hydroxylation is 2. The highest BCUT2D eigenvalue weighted by Gasteiger charge is 2.22. The second-order valence-corrected chi connectivity index (χ2v) is 9.99. The number of aromatic nitrogens is 3. The lowest BCUT2D eigenvalue weighted by molar-refractivity contribution is -0.113. The van der Waals surface area contributed by atoms with Gasteiger partial charge in [-0.3, -0.25) is 4.79 Å². The van der Waals surface area contributed by atoms with Crippen molar-refractivity contribution in [2.75, 3.05) is 17.7 Å². The molecule has 8 nitrogen and oxygen atoms in total. The molecule has 3 aromatic rings. The van der Waals surface area contributed by atoms with E-state index in [-0.39, 0.29) is 24.9 Å². The quantitative estimate of drug-likeness (QED) is 0.280. The Morgan fingerprint density at radius 3 is 2.65 bits per heavy atom. The van der Waals surface area contributed by atoms with E-state index in [1.165, 1.54) is 23.1 Å². The van der Waals surface area contributed by atoms with Crippen molar-refractivity contribution >= 4 is 51.6 Å². The van der Waals surface area contributed by atoms with Gasteiger partial charge in [0, 0.05) is 16.4 Å². The predicted octanol–water partition coefficient (Wildman–Crippen LogP) is 5.42. The van der Waals surface area contributed by atoms with Crippen LogP contribution in [0.1, 0.15) is 46.0 Å². The molecular weight excluding hydrogens is 496 g/mol. The number of benzene rings is 1. The number of nitrogens with zero attached hydrogens (tertiary/aromatic N) is 3. The zero-order chi connectivity index (χ0) is 24.8. The van der Waals surface area contributed by atoms with Crippen LogP contribution >= 0.6 is 34.7 Å². The number of thioether (sulfide) groups is 1. The number of nitrogens with one attached hydrogen (secondary N) is 1. The van der Waals surface area contributed by atoms with Crippen molar-refractivity contribution in [3.63, 3.8) is 0 Å². The van der Waals surface area contributed by atoms with E-state index >= 15 is 0 Å². The van der Waals surface area contributed by atoms with E-state index < -0.39 is 5.97 Å². The van der Waals surface area contributed by atoms with E-state index in [1.807, 2.05) is 44.4 Å². The molecule has 1 amide bonds. The van der Waals surface area contributed by atoms with E-state index in [9.17, 15) is 9.59 Å². The molecule has 2 aromatic heterocycles. The minimum atomic E-state index is -0.432. The molecule has 0 saturated heterocycles. The van der Waals surface area contributed by atoms with Crippen LogP contribution in [0.15, 0.2) is 23.4 Å². The first-order chi connectivity index (χ1) is 16.2. The van der Waals surface area contributed by atoms with Gasteiger partial charge in [0.2, 0.25) is 5.91 Å². The van der Waals surface area contributed by atoms with Gasteiger partial charge in [-0.15, -0.1) is 21.5 Å². The van der Waals surface area contributed by atoms with Crippen molar-refractivity contribution in [3.05, 3.63) is 50.6 Å². The summed E-state index contributed by atoms with van der Waals surface area (Å²) in [4.78, 5) is 25.9. The summed E-state index contributed by atoms with van der Waals surface area (Å²) in [6, 6.07) is 5.44. The highest BCUT2D eigenvalue weighted by atomic mass is 35.5. The Hall–Kier alpha value is -2.56. The van der Waals surface area contributed by atoms with Gasteiger partial charge in [0.15, 0.2) is 11.0 Å².